The molecule has 232 valence electrons. The van der Waals surface area contributed by atoms with Gasteiger partial charge in [-0.3, -0.25) is 0 Å². The van der Waals surface area contributed by atoms with Gasteiger partial charge in [0.05, 0.1) is 24.6 Å². The molecule has 0 saturated carbocycles. The minimum atomic E-state index is 0.718. The molecule has 8 nitrogen and oxygen atoms in total. The van der Waals surface area contributed by atoms with Crippen molar-refractivity contribution in [3.05, 3.63) is 71.8 Å². The Kier molecular flexibility index (Phi) is 17.5. The van der Waals surface area contributed by atoms with E-state index in [-0.39, 0.29) is 0 Å². The van der Waals surface area contributed by atoms with Crippen LogP contribution >= 0.6 is 0 Å². The molecule has 0 atom stereocenters. The second-order valence-corrected chi connectivity index (χ2v) is 11.2. The molecule has 2 aromatic rings. The lowest BCUT2D eigenvalue weighted by Crippen LogP contribution is -2.34. The lowest BCUT2D eigenvalue weighted by molar-refractivity contribution is 0.116. The van der Waals surface area contributed by atoms with E-state index in [2.05, 4.69) is 44.4 Å². The van der Waals surface area contributed by atoms with Gasteiger partial charge in [0.1, 0.15) is 0 Å². The molecule has 2 heterocycles. The average Bonchev–Trinajstić information content (AvgIpc) is 3.05. The molecule has 0 unspecified atom stereocenters. The first-order chi connectivity index (χ1) is 20.8. The molecule has 2 N–H and O–H groups in total. The smallest absolute Gasteiger partial charge is 0.0716 e. The molecule has 2 aliphatic heterocycles. The Morgan fingerprint density at radius 2 is 0.905 bits per heavy atom. The Morgan fingerprint density at radius 3 is 1.26 bits per heavy atom. The largest absolute Gasteiger partial charge is 0.411 e. The summed E-state index contributed by atoms with van der Waals surface area (Å²) in [5, 5.41) is 24.0. The molecule has 2 saturated heterocycles. The molecule has 0 radical (unpaired) electrons. The van der Waals surface area contributed by atoms with Gasteiger partial charge in [-0.2, -0.15) is 0 Å². The third-order valence-corrected chi connectivity index (χ3v) is 7.90. The van der Waals surface area contributed by atoms with E-state index in [1.165, 1.54) is 36.8 Å². The van der Waals surface area contributed by atoms with Crippen LogP contribution in [0.2, 0.25) is 0 Å². The maximum absolute atomic E-state index is 8.71. The Balaban J connectivity index is 0.000000230. The minimum absolute atomic E-state index is 0.718. The standard InChI is InChI=1S/2C17H26N2O2/c2*20-18-17-9-12-19(13-10-17)11-5-2-6-14-21-15-16-7-3-1-4-8-16/h2*1,3-4,7-8,20H,2,5-6,9-15H2. The zero-order chi connectivity index (χ0) is 29.5. The van der Waals surface area contributed by atoms with Crippen LogP contribution in [0.25, 0.3) is 0 Å². The van der Waals surface area contributed by atoms with Crippen molar-refractivity contribution in [2.24, 2.45) is 10.3 Å². The molecular formula is C34H52N4O4. The second-order valence-electron chi connectivity index (χ2n) is 11.2. The number of oxime groups is 2. The normalized spacial score (nSPS) is 16.1. The molecule has 0 bridgehead atoms. The first kappa shape index (κ1) is 33.7. The fraction of sp³-hybridized carbons (Fsp3) is 0.588. The summed E-state index contributed by atoms with van der Waals surface area (Å²) in [4.78, 5) is 4.92. The molecule has 0 aromatic heterocycles. The van der Waals surface area contributed by atoms with Gasteiger partial charge in [0, 0.05) is 65.1 Å². The minimum Gasteiger partial charge on any atom is -0.411 e. The summed E-state index contributed by atoms with van der Waals surface area (Å²) < 4.78 is 11.4. The third kappa shape index (κ3) is 14.9. The zero-order valence-corrected chi connectivity index (χ0v) is 25.4. The van der Waals surface area contributed by atoms with Gasteiger partial charge in [0.25, 0.3) is 0 Å². The number of piperidine rings is 2. The van der Waals surface area contributed by atoms with Crippen molar-refractivity contribution in [1.29, 1.82) is 0 Å². The Morgan fingerprint density at radius 1 is 0.524 bits per heavy atom. The van der Waals surface area contributed by atoms with E-state index in [1.807, 2.05) is 36.4 Å². The van der Waals surface area contributed by atoms with E-state index in [0.29, 0.717) is 0 Å². The fourth-order valence-corrected chi connectivity index (χ4v) is 5.23. The van der Waals surface area contributed by atoms with Crippen LogP contribution in [0, 0.1) is 0 Å². The molecule has 0 spiro atoms. The Hall–Kier alpha value is -2.78. The first-order valence-corrected chi connectivity index (χ1v) is 15.8. The van der Waals surface area contributed by atoms with Gasteiger partial charge in [-0.05, 0) is 62.7 Å². The first-order valence-electron chi connectivity index (χ1n) is 15.8. The van der Waals surface area contributed by atoms with Crippen molar-refractivity contribution in [3.63, 3.8) is 0 Å². The number of hydrogen-bond donors (Lipinski definition) is 2. The zero-order valence-electron chi connectivity index (χ0n) is 25.4. The van der Waals surface area contributed by atoms with Crippen LogP contribution in [-0.2, 0) is 22.7 Å². The second kappa shape index (κ2) is 21.9. The molecule has 4 rings (SSSR count). The Labute approximate surface area is 253 Å². The van der Waals surface area contributed by atoms with Gasteiger partial charge in [-0.1, -0.05) is 71.0 Å². The number of unbranched alkanes of at least 4 members (excludes halogenated alkanes) is 4. The summed E-state index contributed by atoms with van der Waals surface area (Å²) in [6.45, 7) is 9.55. The monoisotopic (exact) mass is 580 g/mol. The van der Waals surface area contributed by atoms with Crippen molar-refractivity contribution >= 4 is 11.4 Å². The number of likely N-dealkylation sites (tertiary alicyclic amines) is 2. The predicted octanol–water partition coefficient (Wildman–Crippen LogP) is 6.60. The van der Waals surface area contributed by atoms with E-state index in [4.69, 9.17) is 19.9 Å². The summed E-state index contributed by atoms with van der Waals surface area (Å²) in [6, 6.07) is 20.6. The molecule has 2 fully saturated rings. The van der Waals surface area contributed by atoms with Crippen LogP contribution in [0.15, 0.2) is 71.0 Å². The maximum atomic E-state index is 8.71. The SMILES string of the molecule is ON=C1CCN(CCCCCOCc2ccccc2)CC1.ON=C1CCN(CCCCCOCc2ccccc2)CC1. The molecule has 2 aromatic carbocycles. The number of benzene rings is 2. The fourth-order valence-electron chi connectivity index (χ4n) is 5.23. The lowest BCUT2D eigenvalue weighted by atomic mass is 10.1. The summed E-state index contributed by atoms with van der Waals surface area (Å²) in [7, 11) is 0. The van der Waals surface area contributed by atoms with Gasteiger partial charge in [0.2, 0.25) is 0 Å². The van der Waals surface area contributed by atoms with E-state index < -0.39 is 0 Å². The van der Waals surface area contributed by atoms with Crippen molar-refractivity contribution in [3.8, 4) is 0 Å². The quantitative estimate of drug-likeness (QED) is 0.132. The summed E-state index contributed by atoms with van der Waals surface area (Å²) in [5.74, 6) is 0. The number of hydrogen-bond acceptors (Lipinski definition) is 8. The highest BCUT2D eigenvalue weighted by Gasteiger charge is 2.15. The highest BCUT2D eigenvalue weighted by molar-refractivity contribution is 5.85. The number of ether oxygens (including phenoxy) is 2. The number of nitrogens with zero attached hydrogens (tertiary/aromatic N) is 4. The van der Waals surface area contributed by atoms with Crippen LogP contribution in [0.1, 0.15) is 75.3 Å². The maximum Gasteiger partial charge on any atom is 0.0716 e. The van der Waals surface area contributed by atoms with Crippen molar-refractivity contribution in [2.45, 2.75) is 77.4 Å². The van der Waals surface area contributed by atoms with Crippen molar-refractivity contribution < 1.29 is 19.9 Å². The van der Waals surface area contributed by atoms with Crippen LogP contribution in [0.3, 0.4) is 0 Å². The molecular weight excluding hydrogens is 528 g/mol. The molecule has 2 aliphatic rings. The van der Waals surface area contributed by atoms with Gasteiger partial charge in [-0.15, -0.1) is 0 Å². The molecule has 0 aliphatic carbocycles. The van der Waals surface area contributed by atoms with Crippen molar-refractivity contribution in [1.82, 2.24) is 9.80 Å². The van der Waals surface area contributed by atoms with Crippen LogP contribution in [0.4, 0.5) is 0 Å². The van der Waals surface area contributed by atoms with E-state index in [0.717, 1.165) is 116 Å². The summed E-state index contributed by atoms with van der Waals surface area (Å²) >= 11 is 0. The molecule has 0 amide bonds. The highest BCUT2D eigenvalue weighted by Crippen LogP contribution is 2.11. The van der Waals surface area contributed by atoms with Crippen LogP contribution in [-0.4, -0.2) is 84.1 Å². The van der Waals surface area contributed by atoms with Gasteiger partial charge < -0.3 is 29.7 Å². The van der Waals surface area contributed by atoms with Crippen LogP contribution in [0.5, 0.6) is 0 Å². The van der Waals surface area contributed by atoms with Crippen molar-refractivity contribution in [2.75, 3.05) is 52.5 Å². The highest BCUT2D eigenvalue weighted by atomic mass is 16.5. The van der Waals surface area contributed by atoms with Gasteiger partial charge in [-0.25, -0.2) is 0 Å². The summed E-state index contributed by atoms with van der Waals surface area (Å²) in [6.07, 6.45) is 10.8. The average molecular weight is 581 g/mol. The van der Waals surface area contributed by atoms with Gasteiger partial charge in [0.15, 0.2) is 0 Å². The lowest BCUT2D eigenvalue weighted by Gasteiger charge is -2.26. The predicted molar refractivity (Wildman–Crippen MR) is 170 cm³/mol. The van der Waals surface area contributed by atoms with E-state index >= 15 is 0 Å². The van der Waals surface area contributed by atoms with E-state index in [1.54, 1.807) is 0 Å². The Bertz CT molecular complexity index is 902. The summed E-state index contributed by atoms with van der Waals surface area (Å²) in [5.41, 5.74) is 4.38. The van der Waals surface area contributed by atoms with E-state index in [9.17, 15) is 0 Å². The molecule has 8 heteroatoms. The topological polar surface area (TPSA) is 90.1 Å². The number of rotatable bonds is 16. The third-order valence-electron chi connectivity index (χ3n) is 7.90. The van der Waals surface area contributed by atoms with Gasteiger partial charge >= 0.3 is 0 Å². The molecule has 42 heavy (non-hydrogen) atoms. The van der Waals surface area contributed by atoms with Crippen LogP contribution < -0.4 is 0 Å².